The highest BCUT2D eigenvalue weighted by atomic mass is 127. The van der Waals surface area contributed by atoms with Gasteiger partial charge in [-0.1, -0.05) is 0 Å². The molecule has 1 aromatic rings. The number of nitrogens with one attached hydrogen (secondary N) is 1. The van der Waals surface area contributed by atoms with Gasteiger partial charge in [-0.15, -0.1) is 11.3 Å². The van der Waals surface area contributed by atoms with Crippen molar-refractivity contribution in [3.8, 4) is 0 Å². The van der Waals surface area contributed by atoms with Gasteiger partial charge in [-0.2, -0.15) is 0 Å². The molecule has 1 atom stereocenters. The number of rotatable bonds is 3. The summed E-state index contributed by atoms with van der Waals surface area (Å²) in [4.78, 5) is 0. The maximum atomic E-state index is 5.41. The number of hydrogen-bond acceptors (Lipinski definition) is 3. The molecule has 2 nitrogen and oxygen atoms in total. The number of thiophene rings is 1. The lowest BCUT2D eigenvalue weighted by Crippen LogP contribution is -2.29. The highest BCUT2D eigenvalue weighted by Crippen LogP contribution is 2.32. The molecule has 2 heterocycles. The van der Waals surface area contributed by atoms with Crippen molar-refractivity contribution >= 4 is 33.9 Å². The maximum absolute atomic E-state index is 5.41. The summed E-state index contributed by atoms with van der Waals surface area (Å²) in [6.45, 7) is 1.84. The molecule has 0 spiro atoms. The van der Waals surface area contributed by atoms with Crippen molar-refractivity contribution in [1.82, 2.24) is 5.32 Å². The zero-order chi connectivity index (χ0) is 10.7. The Kier molecular flexibility index (Phi) is 4.42. The molecule has 15 heavy (non-hydrogen) atoms. The Hall–Kier alpha value is 0.350. The summed E-state index contributed by atoms with van der Waals surface area (Å²) >= 11 is 4.21. The molecule has 4 heteroatoms. The van der Waals surface area contributed by atoms with Crippen molar-refractivity contribution in [2.24, 2.45) is 5.92 Å². The second-order valence-electron chi connectivity index (χ2n) is 3.90. The summed E-state index contributed by atoms with van der Waals surface area (Å²) in [7, 11) is 2.06. The fourth-order valence-corrected chi connectivity index (χ4v) is 3.62. The summed E-state index contributed by atoms with van der Waals surface area (Å²) in [6.07, 6.45) is 2.36. The van der Waals surface area contributed by atoms with E-state index < -0.39 is 0 Å². The second kappa shape index (κ2) is 5.61. The van der Waals surface area contributed by atoms with Crippen LogP contribution in [0, 0.1) is 8.80 Å². The van der Waals surface area contributed by atoms with Crippen LogP contribution in [0.25, 0.3) is 0 Å². The average molecular weight is 337 g/mol. The Morgan fingerprint density at radius 1 is 1.53 bits per heavy atom. The molecule has 0 aliphatic carbocycles. The molecular formula is C11H16INOS. The lowest BCUT2D eigenvalue weighted by atomic mass is 9.88. The van der Waals surface area contributed by atoms with E-state index in [9.17, 15) is 0 Å². The molecule has 0 saturated carbocycles. The number of hydrogen-bond donors (Lipinski definition) is 1. The maximum Gasteiger partial charge on any atom is 0.0656 e. The van der Waals surface area contributed by atoms with E-state index in [0.717, 1.165) is 19.1 Å². The highest BCUT2D eigenvalue weighted by molar-refractivity contribution is 14.1. The summed E-state index contributed by atoms with van der Waals surface area (Å²) < 4.78 is 6.78. The fraction of sp³-hybridized carbons (Fsp3) is 0.636. The van der Waals surface area contributed by atoms with Gasteiger partial charge in [0.1, 0.15) is 0 Å². The van der Waals surface area contributed by atoms with Crippen LogP contribution in [0.3, 0.4) is 0 Å². The van der Waals surface area contributed by atoms with Gasteiger partial charge < -0.3 is 10.1 Å². The van der Waals surface area contributed by atoms with Crippen LogP contribution in [0.15, 0.2) is 11.4 Å². The molecule has 0 amide bonds. The molecule has 1 saturated heterocycles. The van der Waals surface area contributed by atoms with E-state index in [1.807, 2.05) is 11.3 Å². The van der Waals surface area contributed by atoms with Gasteiger partial charge in [0, 0.05) is 19.3 Å². The van der Waals surface area contributed by atoms with Crippen molar-refractivity contribution in [3.63, 3.8) is 0 Å². The Balaban J connectivity index is 2.08. The van der Waals surface area contributed by atoms with Crippen LogP contribution in [-0.4, -0.2) is 20.3 Å². The van der Waals surface area contributed by atoms with Gasteiger partial charge in [-0.25, -0.2) is 0 Å². The minimum Gasteiger partial charge on any atom is -0.381 e. The third-order valence-corrected chi connectivity index (χ3v) is 4.80. The molecule has 1 aliphatic rings. The van der Waals surface area contributed by atoms with Gasteiger partial charge in [-0.3, -0.25) is 0 Å². The minimum absolute atomic E-state index is 0.508. The predicted molar refractivity (Wildman–Crippen MR) is 72.4 cm³/mol. The van der Waals surface area contributed by atoms with Gasteiger partial charge in [-0.05, 0) is 65.4 Å². The Labute approximate surface area is 109 Å². The van der Waals surface area contributed by atoms with E-state index in [0.29, 0.717) is 6.04 Å². The first kappa shape index (κ1) is 11.8. The van der Waals surface area contributed by atoms with Crippen LogP contribution in [0.2, 0.25) is 0 Å². The standard InChI is InChI=1S/C11H16INOS/c1-13-11(8-2-4-14-5-3-8)9-6-10(12)15-7-9/h6-8,11,13H,2-5H2,1H3. The van der Waals surface area contributed by atoms with Gasteiger partial charge in [0.2, 0.25) is 0 Å². The largest absolute Gasteiger partial charge is 0.381 e. The average Bonchev–Trinajstić information content (AvgIpc) is 2.68. The molecule has 1 aliphatic heterocycles. The SMILES string of the molecule is CNC(c1csc(I)c1)C1CCOCC1. The van der Waals surface area contributed by atoms with Crippen molar-refractivity contribution in [1.29, 1.82) is 0 Å². The topological polar surface area (TPSA) is 21.3 Å². The van der Waals surface area contributed by atoms with Crippen molar-refractivity contribution in [2.75, 3.05) is 20.3 Å². The Morgan fingerprint density at radius 2 is 2.27 bits per heavy atom. The van der Waals surface area contributed by atoms with Crippen LogP contribution >= 0.6 is 33.9 Å². The van der Waals surface area contributed by atoms with Gasteiger partial charge in [0.25, 0.3) is 0 Å². The first-order chi connectivity index (χ1) is 7.31. The lowest BCUT2D eigenvalue weighted by molar-refractivity contribution is 0.0546. The Bertz CT molecular complexity index is 309. The lowest BCUT2D eigenvalue weighted by Gasteiger charge is -2.29. The number of halogens is 1. The van der Waals surface area contributed by atoms with Crippen molar-refractivity contribution in [3.05, 3.63) is 19.9 Å². The molecule has 0 bridgehead atoms. The van der Waals surface area contributed by atoms with E-state index in [1.54, 1.807) is 0 Å². The zero-order valence-electron chi connectivity index (χ0n) is 8.83. The molecule has 2 rings (SSSR count). The second-order valence-corrected chi connectivity index (χ2v) is 6.71. The van der Waals surface area contributed by atoms with E-state index in [2.05, 4.69) is 46.4 Å². The third kappa shape index (κ3) is 2.93. The Morgan fingerprint density at radius 3 is 2.80 bits per heavy atom. The molecule has 0 radical (unpaired) electrons. The van der Waals surface area contributed by atoms with Crippen LogP contribution in [0.1, 0.15) is 24.4 Å². The van der Waals surface area contributed by atoms with Crippen LogP contribution in [-0.2, 0) is 4.74 Å². The van der Waals surface area contributed by atoms with Gasteiger partial charge in [0.15, 0.2) is 0 Å². The third-order valence-electron chi connectivity index (χ3n) is 3.00. The summed E-state index contributed by atoms with van der Waals surface area (Å²) in [5.74, 6) is 0.731. The van der Waals surface area contributed by atoms with E-state index in [4.69, 9.17) is 4.74 Å². The predicted octanol–water partition coefficient (Wildman–Crippen LogP) is 3.04. The molecule has 1 aromatic heterocycles. The van der Waals surface area contributed by atoms with E-state index >= 15 is 0 Å². The van der Waals surface area contributed by atoms with Crippen molar-refractivity contribution < 1.29 is 4.74 Å². The molecular weight excluding hydrogens is 321 g/mol. The summed E-state index contributed by atoms with van der Waals surface area (Å²) in [5.41, 5.74) is 1.44. The first-order valence-electron chi connectivity index (χ1n) is 5.30. The van der Waals surface area contributed by atoms with E-state index in [1.165, 1.54) is 21.3 Å². The number of ether oxygens (including phenoxy) is 1. The molecule has 84 valence electrons. The smallest absolute Gasteiger partial charge is 0.0656 e. The fourth-order valence-electron chi connectivity index (χ4n) is 2.21. The van der Waals surface area contributed by atoms with Crippen LogP contribution in [0.4, 0.5) is 0 Å². The van der Waals surface area contributed by atoms with E-state index in [-0.39, 0.29) is 0 Å². The molecule has 0 aromatic carbocycles. The van der Waals surface area contributed by atoms with Crippen LogP contribution in [0.5, 0.6) is 0 Å². The minimum atomic E-state index is 0.508. The normalized spacial score (nSPS) is 20.4. The van der Waals surface area contributed by atoms with Crippen LogP contribution < -0.4 is 5.32 Å². The van der Waals surface area contributed by atoms with Gasteiger partial charge >= 0.3 is 0 Å². The quantitative estimate of drug-likeness (QED) is 0.856. The molecule has 1 fully saturated rings. The first-order valence-corrected chi connectivity index (χ1v) is 7.26. The summed E-state index contributed by atoms with van der Waals surface area (Å²) in [5, 5.41) is 5.73. The monoisotopic (exact) mass is 337 g/mol. The highest BCUT2D eigenvalue weighted by Gasteiger charge is 2.24. The summed E-state index contributed by atoms with van der Waals surface area (Å²) in [6, 6.07) is 2.80. The molecule has 1 N–H and O–H groups in total. The molecule has 1 unspecified atom stereocenters. The van der Waals surface area contributed by atoms with Crippen molar-refractivity contribution in [2.45, 2.75) is 18.9 Å². The van der Waals surface area contributed by atoms with Gasteiger partial charge in [0.05, 0.1) is 2.88 Å². The zero-order valence-corrected chi connectivity index (χ0v) is 11.8.